The summed E-state index contributed by atoms with van der Waals surface area (Å²) >= 11 is 11.6. The summed E-state index contributed by atoms with van der Waals surface area (Å²) in [5.74, 6) is -0.646. The largest absolute Gasteiger partial charge is 0.469 e. The molecule has 1 aromatic rings. The molecule has 0 bridgehead atoms. The Labute approximate surface area is 108 Å². The number of aliphatic hydroxyl groups is 2. The zero-order chi connectivity index (χ0) is 13.0. The molecule has 0 fully saturated rings. The molecule has 0 saturated carbocycles. The zero-order valence-electron chi connectivity index (χ0n) is 8.93. The Balaban J connectivity index is 2.88. The molecular formula is C10H11Cl2NO4. The smallest absolute Gasteiger partial charge is 0.308 e. The monoisotopic (exact) mass is 279 g/mol. The third-order valence-corrected chi connectivity index (χ3v) is 2.78. The Kier molecular flexibility index (Phi) is 5.14. The first-order valence-electron chi connectivity index (χ1n) is 4.70. The SMILES string of the molecule is COC(=O)CC(O)C(O)c1c(Cl)ccnc1Cl. The van der Waals surface area contributed by atoms with Crippen molar-refractivity contribution in [3.8, 4) is 0 Å². The van der Waals surface area contributed by atoms with Crippen LogP contribution < -0.4 is 0 Å². The van der Waals surface area contributed by atoms with Crippen LogP contribution in [-0.4, -0.2) is 34.4 Å². The number of carbonyl (C=O) groups excluding carboxylic acids is 1. The summed E-state index contributed by atoms with van der Waals surface area (Å²) in [6.07, 6.45) is -1.75. The fourth-order valence-electron chi connectivity index (χ4n) is 1.25. The predicted molar refractivity (Wildman–Crippen MR) is 61.9 cm³/mol. The molecule has 1 aromatic heterocycles. The van der Waals surface area contributed by atoms with E-state index in [9.17, 15) is 15.0 Å². The molecular weight excluding hydrogens is 269 g/mol. The third-order valence-electron chi connectivity index (χ3n) is 2.15. The summed E-state index contributed by atoms with van der Waals surface area (Å²) in [6.45, 7) is 0. The molecule has 0 aliphatic heterocycles. The first-order valence-corrected chi connectivity index (χ1v) is 5.45. The van der Waals surface area contributed by atoms with E-state index >= 15 is 0 Å². The number of hydrogen-bond donors (Lipinski definition) is 2. The highest BCUT2D eigenvalue weighted by molar-refractivity contribution is 6.35. The Morgan fingerprint density at radius 2 is 2.18 bits per heavy atom. The van der Waals surface area contributed by atoms with Gasteiger partial charge in [-0.05, 0) is 6.07 Å². The van der Waals surface area contributed by atoms with E-state index in [0.717, 1.165) is 0 Å². The lowest BCUT2D eigenvalue weighted by Crippen LogP contribution is -2.23. The molecule has 0 radical (unpaired) electrons. The Bertz CT molecular complexity index is 393. The minimum atomic E-state index is -1.40. The first-order chi connectivity index (χ1) is 7.97. The van der Waals surface area contributed by atoms with Crippen molar-refractivity contribution in [2.45, 2.75) is 18.6 Å². The highest BCUT2D eigenvalue weighted by atomic mass is 35.5. The maximum atomic E-state index is 11.0. The van der Waals surface area contributed by atoms with Gasteiger partial charge in [-0.25, -0.2) is 4.98 Å². The van der Waals surface area contributed by atoms with Gasteiger partial charge < -0.3 is 14.9 Å². The van der Waals surface area contributed by atoms with Crippen LogP contribution in [0.5, 0.6) is 0 Å². The maximum absolute atomic E-state index is 11.0. The van der Waals surface area contributed by atoms with E-state index in [-0.39, 0.29) is 22.2 Å². The third kappa shape index (κ3) is 3.54. The van der Waals surface area contributed by atoms with E-state index < -0.39 is 18.2 Å². The van der Waals surface area contributed by atoms with Gasteiger partial charge in [0.05, 0.1) is 24.7 Å². The van der Waals surface area contributed by atoms with E-state index in [2.05, 4.69) is 9.72 Å². The van der Waals surface area contributed by atoms with E-state index in [0.29, 0.717) is 0 Å². The molecule has 5 nitrogen and oxygen atoms in total. The molecule has 1 heterocycles. The molecule has 2 N–H and O–H groups in total. The highest BCUT2D eigenvalue weighted by Crippen LogP contribution is 2.31. The van der Waals surface area contributed by atoms with Crippen molar-refractivity contribution < 1.29 is 19.7 Å². The predicted octanol–water partition coefficient (Wildman–Crippen LogP) is 1.35. The summed E-state index contributed by atoms with van der Waals surface area (Å²) in [7, 11) is 1.19. The van der Waals surface area contributed by atoms with Gasteiger partial charge >= 0.3 is 5.97 Å². The topological polar surface area (TPSA) is 79.7 Å². The van der Waals surface area contributed by atoms with Gasteiger partial charge in [0, 0.05) is 11.8 Å². The molecule has 0 aromatic carbocycles. The Morgan fingerprint density at radius 3 is 2.71 bits per heavy atom. The van der Waals surface area contributed by atoms with Crippen LogP contribution in [0.15, 0.2) is 12.3 Å². The highest BCUT2D eigenvalue weighted by Gasteiger charge is 2.26. The van der Waals surface area contributed by atoms with Gasteiger partial charge in [-0.3, -0.25) is 4.79 Å². The number of esters is 1. The maximum Gasteiger partial charge on any atom is 0.308 e. The standard InChI is InChI=1S/C10H11Cl2NO4/c1-17-7(15)4-6(14)9(16)8-5(11)2-3-13-10(8)12/h2-3,6,9,14,16H,4H2,1H3. The lowest BCUT2D eigenvalue weighted by atomic mass is 10.0. The van der Waals surface area contributed by atoms with Gasteiger partial charge in [0.15, 0.2) is 0 Å². The summed E-state index contributed by atoms with van der Waals surface area (Å²) in [5.41, 5.74) is 0.0900. The lowest BCUT2D eigenvalue weighted by molar-refractivity contribution is -0.144. The number of nitrogens with zero attached hydrogens (tertiary/aromatic N) is 1. The van der Waals surface area contributed by atoms with E-state index in [1.165, 1.54) is 19.4 Å². The number of aliphatic hydroxyl groups excluding tert-OH is 2. The quantitative estimate of drug-likeness (QED) is 0.642. The van der Waals surface area contributed by atoms with Crippen molar-refractivity contribution >= 4 is 29.2 Å². The number of hydrogen-bond acceptors (Lipinski definition) is 5. The number of ether oxygens (including phenoxy) is 1. The van der Waals surface area contributed by atoms with Gasteiger partial charge in [0.1, 0.15) is 11.3 Å². The number of aromatic nitrogens is 1. The number of carbonyl (C=O) groups is 1. The summed E-state index contributed by atoms with van der Waals surface area (Å²) < 4.78 is 4.38. The minimum Gasteiger partial charge on any atom is -0.469 e. The van der Waals surface area contributed by atoms with Gasteiger partial charge in [0.25, 0.3) is 0 Å². The van der Waals surface area contributed by atoms with Crippen molar-refractivity contribution in [2.24, 2.45) is 0 Å². The molecule has 1 rings (SSSR count). The van der Waals surface area contributed by atoms with Crippen molar-refractivity contribution in [3.63, 3.8) is 0 Å². The fraction of sp³-hybridized carbons (Fsp3) is 0.400. The van der Waals surface area contributed by atoms with E-state index in [1.54, 1.807) is 0 Å². The average molecular weight is 280 g/mol. The zero-order valence-corrected chi connectivity index (χ0v) is 10.4. The summed E-state index contributed by atoms with van der Waals surface area (Å²) in [6, 6.07) is 1.43. The molecule has 94 valence electrons. The second-order valence-electron chi connectivity index (χ2n) is 3.29. The van der Waals surface area contributed by atoms with Crippen LogP contribution in [0.1, 0.15) is 18.1 Å². The van der Waals surface area contributed by atoms with Crippen LogP contribution in [0.4, 0.5) is 0 Å². The molecule has 0 aliphatic rings. The number of halogens is 2. The molecule has 0 aliphatic carbocycles. The van der Waals surface area contributed by atoms with Crippen LogP contribution in [-0.2, 0) is 9.53 Å². The van der Waals surface area contributed by atoms with Crippen LogP contribution in [0.25, 0.3) is 0 Å². The average Bonchev–Trinajstić information content (AvgIpc) is 2.28. The van der Waals surface area contributed by atoms with Crippen LogP contribution in [0.2, 0.25) is 10.2 Å². The lowest BCUT2D eigenvalue weighted by Gasteiger charge is -2.18. The van der Waals surface area contributed by atoms with Gasteiger partial charge in [0.2, 0.25) is 0 Å². The van der Waals surface area contributed by atoms with Crippen molar-refractivity contribution in [1.82, 2.24) is 4.98 Å². The van der Waals surface area contributed by atoms with Crippen molar-refractivity contribution in [2.75, 3.05) is 7.11 Å². The Hall–Kier alpha value is -0.880. The van der Waals surface area contributed by atoms with Crippen LogP contribution in [0.3, 0.4) is 0 Å². The summed E-state index contributed by atoms with van der Waals surface area (Å²) in [4.78, 5) is 14.7. The first kappa shape index (κ1) is 14.2. The molecule has 0 spiro atoms. The number of rotatable bonds is 4. The van der Waals surface area contributed by atoms with Gasteiger partial charge in [-0.2, -0.15) is 0 Å². The second kappa shape index (κ2) is 6.16. The normalized spacial score (nSPS) is 14.2. The molecule has 0 saturated heterocycles. The van der Waals surface area contributed by atoms with Crippen molar-refractivity contribution in [3.05, 3.63) is 28.0 Å². The molecule has 2 unspecified atom stereocenters. The Morgan fingerprint density at radius 1 is 1.53 bits per heavy atom. The molecule has 17 heavy (non-hydrogen) atoms. The van der Waals surface area contributed by atoms with E-state index in [4.69, 9.17) is 23.2 Å². The summed E-state index contributed by atoms with van der Waals surface area (Å²) in [5, 5.41) is 19.6. The number of methoxy groups -OCH3 is 1. The van der Waals surface area contributed by atoms with Crippen LogP contribution in [0, 0.1) is 0 Å². The van der Waals surface area contributed by atoms with Crippen LogP contribution >= 0.6 is 23.2 Å². The van der Waals surface area contributed by atoms with Crippen molar-refractivity contribution in [1.29, 1.82) is 0 Å². The van der Waals surface area contributed by atoms with Gasteiger partial charge in [-0.1, -0.05) is 23.2 Å². The fourth-order valence-corrected chi connectivity index (χ4v) is 1.82. The van der Waals surface area contributed by atoms with Gasteiger partial charge in [-0.15, -0.1) is 0 Å². The molecule has 7 heteroatoms. The molecule has 0 amide bonds. The van der Waals surface area contributed by atoms with E-state index in [1.807, 2.05) is 0 Å². The molecule has 2 atom stereocenters. The minimum absolute atomic E-state index is 0.0195. The second-order valence-corrected chi connectivity index (χ2v) is 4.05. The number of pyridine rings is 1.